The lowest BCUT2D eigenvalue weighted by molar-refractivity contribution is 0.116. The normalized spacial score (nSPS) is 21.1. The highest BCUT2D eigenvalue weighted by atomic mass is 19.1. The maximum absolute atomic E-state index is 14.0. The Balaban J connectivity index is 1.70. The molecule has 1 aromatic carbocycles. The molecule has 0 saturated heterocycles. The van der Waals surface area contributed by atoms with Crippen LogP contribution >= 0.6 is 0 Å². The molecule has 2 aromatic heterocycles. The van der Waals surface area contributed by atoms with Crippen molar-refractivity contribution >= 4 is 11.5 Å². The molecule has 1 saturated carbocycles. The lowest BCUT2D eigenvalue weighted by Gasteiger charge is -2.28. The van der Waals surface area contributed by atoms with Crippen LogP contribution in [0.15, 0.2) is 36.4 Å². The molecular weight excluding hydrogens is 309 g/mol. The van der Waals surface area contributed by atoms with Gasteiger partial charge >= 0.3 is 0 Å². The summed E-state index contributed by atoms with van der Waals surface area (Å²) in [7, 11) is 0. The van der Waals surface area contributed by atoms with Gasteiger partial charge in [-0.3, -0.25) is 0 Å². The fraction of sp³-hybridized carbons (Fsp3) is 0.353. The maximum Gasteiger partial charge on any atom is 0.188 e. The molecule has 1 aliphatic rings. The Kier molecular flexibility index (Phi) is 3.86. The first-order valence-corrected chi connectivity index (χ1v) is 8.14. The first-order chi connectivity index (χ1) is 11.7. The Morgan fingerprint density at radius 3 is 2.75 bits per heavy atom. The van der Waals surface area contributed by atoms with Gasteiger partial charge in [0.25, 0.3) is 0 Å². The van der Waals surface area contributed by atoms with Crippen LogP contribution in [-0.4, -0.2) is 37.1 Å². The van der Waals surface area contributed by atoms with Gasteiger partial charge < -0.3 is 10.4 Å². The van der Waals surface area contributed by atoms with E-state index in [1.807, 2.05) is 0 Å². The number of nitrogens with zero attached hydrogens (tertiary/aromatic N) is 4. The SMILES string of the molecule is O[C@H]1CCCC[C@@H]1Nc1ccc2nnc(-c3ccccc3F)n2n1. The highest BCUT2D eigenvalue weighted by molar-refractivity contribution is 5.60. The number of rotatable bonds is 3. The second kappa shape index (κ2) is 6.16. The minimum atomic E-state index is -0.372. The van der Waals surface area contributed by atoms with E-state index in [0.717, 1.165) is 25.7 Å². The Morgan fingerprint density at radius 1 is 1.08 bits per heavy atom. The van der Waals surface area contributed by atoms with Gasteiger partial charge in [0.15, 0.2) is 11.5 Å². The number of halogens is 1. The van der Waals surface area contributed by atoms with Gasteiger partial charge in [-0.2, -0.15) is 4.52 Å². The fourth-order valence-corrected chi connectivity index (χ4v) is 3.15. The number of nitrogens with one attached hydrogen (secondary N) is 1. The third-order valence-corrected chi connectivity index (χ3v) is 4.44. The molecule has 0 unspecified atom stereocenters. The van der Waals surface area contributed by atoms with Gasteiger partial charge in [-0.1, -0.05) is 25.0 Å². The van der Waals surface area contributed by atoms with Gasteiger partial charge in [0.05, 0.1) is 17.7 Å². The minimum absolute atomic E-state index is 0.0166. The highest BCUT2D eigenvalue weighted by Gasteiger charge is 2.23. The van der Waals surface area contributed by atoms with Gasteiger partial charge in [0.1, 0.15) is 11.6 Å². The molecule has 124 valence electrons. The quantitative estimate of drug-likeness (QED) is 0.773. The van der Waals surface area contributed by atoms with E-state index in [-0.39, 0.29) is 18.0 Å². The number of anilines is 1. The Morgan fingerprint density at radius 2 is 1.92 bits per heavy atom. The van der Waals surface area contributed by atoms with Crippen molar-refractivity contribution in [2.75, 3.05) is 5.32 Å². The van der Waals surface area contributed by atoms with E-state index in [4.69, 9.17) is 0 Å². The molecule has 0 amide bonds. The summed E-state index contributed by atoms with van der Waals surface area (Å²) in [5.41, 5.74) is 0.898. The molecule has 2 atom stereocenters. The summed E-state index contributed by atoms with van der Waals surface area (Å²) in [6, 6.07) is 9.98. The third kappa shape index (κ3) is 2.71. The zero-order valence-corrected chi connectivity index (χ0v) is 13.1. The van der Waals surface area contributed by atoms with Gasteiger partial charge in [-0.25, -0.2) is 4.39 Å². The van der Waals surface area contributed by atoms with Crippen molar-refractivity contribution < 1.29 is 9.50 Å². The summed E-state index contributed by atoms with van der Waals surface area (Å²) >= 11 is 0. The van der Waals surface area contributed by atoms with Crippen LogP contribution in [0.3, 0.4) is 0 Å². The second-order valence-electron chi connectivity index (χ2n) is 6.09. The molecule has 2 heterocycles. The number of fused-ring (bicyclic) bond motifs is 1. The highest BCUT2D eigenvalue weighted by Crippen LogP contribution is 2.24. The van der Waals surface area contributed by atoms with Crippen LogP contribution in [0.1, 0.15) is 25.7 Å². The molecule has 0 radical (unpaired) electrons. The van der Waals surface area contributed by atoms with Crippen LogP contribution in [0, 0.1) is 5.82 Å². The molecule has 3 aromatic rings. The average molecular weight is 327 g/mol. The summed E-state index contributed by atoms with van der Waals surface area (Å²) in [4.78, 5) is 0. The van der Waals surface area contributed by atoms with Crippen molar-refractivity contribution in [3.05, 3.63) is 42.2 Å². The predicted octanol–water partition coefficient (Wildman–Crippen LogP) is 2.65. The molecular formula is C17H18FN5O. The largest absolute Gasteiger partial charge is 0.391 e. The zero-order valence-electron chi connectivity index (χ0n) is 13.1. The first-order valence-electron chi connectivity index (χ1n) is 8.14. The van der Waals surface area contributed by atoms with Crippen molar-refractivity contribution in [2.24, 2.45) is 0 Å². The van der Waals surface area contributed by atoms with Gasteiger partial charge in [-0.15, -0.1) is 15.3 Å². The lowest BCUT2D eigenvalue weighted by Crippen LogP contribution is -2.36. The van der Waals surface area contributed by atoms with Gasteiger partial charge in [0.2, 0.25) is 0 Å². The molecule has 0 spiro atoms. The molecule has 1 fully saturated rings. The topological polar surface area (TPSA) is 75.3 Å². The number of hydrogen-bond acceptors (Lipinski definition) is 5. The van der Waals surface area contributed by atoms with E-state index in [1.165, 1.54) is 10.6 Å². The molecule has 2 N–H and O–H groups in total. The van der Waals surface area contributed by atoms with Crippen LogP contribution in [0.5, 0.6) is 0 Å². The molecule has 6 nitrogen and oxygen atoms in total. The van der Waals surface area contributed by atoms with Crippen molar-refractivity contribution in [1.29, 1.82) is 0 Å². The molecule has 4 rings (SSSR count). The molecule has 0 aliphatic heterocycles. The fourth-order valence-electron chi connectivity index (χ4n) is 3.15. The van der Waals surface area contributed by atoms with E-state index < -0.39 is 0 Å². The lowest BCUT2D eigenvalue weighted by atomic mass is 9.93. The van der Waals surface area contributed by atoms with Crippen LogP contribution in [0.2, 0.25) is 0 Å². The first kappa shape index (κ1) is 15.0. The Hall–Kier alpha value is -2.54. The summed E-state index contributed by atoms with van der Waals surface area (Å²) in [6.45, 7) is 0. The smallest absolute Gasteiger partial charge is 0.188 e. The van der Waals surface area contributed by atoms with Crippen molar-refractivity contribution in [2.45, 2.75) is 37.8 Å². The summed E-state index contributed by atoms with van der Waals surface area (Å²) in [5, 5.41) is 26.0. The monoisotopic (exact) mass is 327 g/mol. The van der Waals surface area contributed by atoms with E-state index >= 15 is 0 Å². The Bertz CT molecular complexity index is 865. The Labute approximate surface area is 138 Å². The minimum Gasteiger partial charge on any atom is -0.391 e. The van der Waals surface area contributed by atoms with Crippen molar-refractivity contribution in [3.8, 4) is 11.4 Å². The van der Waals surface area contributed by atoms with E-state index in [0.29, 0.717) is 22.9 Å². The van der Waals surface area contributed by atoms with Crippen LogP contribution in [-0.2, 0) is 0 Å². The number of benzene rings is 1. The van der Waals surface area contributed by atoms with Crippen LogP contribution < -0.4 is 5.32 Å². The summed E-state index contributed by atoms with van der Waals surface area (Å²) in [6.07, 6.45) is 3.47. The maximum atomic E-state index is 14.0. The van der Waals surface area contributed by atoms with Gasteiger partial charge in [-0.05, 0) is 37.1 Å². The molecule has 0 bridgehead atoms. The zero-order chi connectivity index (χ0) is 16.5. The third-order valence-electron chi connectivity index (χ3n) is 4.44. The molecule has 24 heavy (non-hydrogen) atoms. The van der Waals surface area contributed by atoms with Crippen LogP contribution in [0.25, 0.3) is 17.0 Å². The summed E-state index contributed by atoms with van der Waals surface area (Å²) in [5.74, 6) is 0.608. The number of hydrogen-bond donors (Lipinski definition) is 2. The standard InChI is InChI=1S/C17H18FN5O/c18-12-6-2-1-5-11(12)17-21-20-16-10-9-15(22-23(16)17)19-13-7-3-4-8-14(13)24/h1-2,5-6,9-10,13-14,24H,3-4,7-8H2,(H,19,22)/t13-,14-/m0/s1. The van der Waals surface area contributed by atoms with E-state index in [2.05, 4.69) is 20.6 Å². The number of aliphatic hydroxyl groups excluding tert-OH is 1. The van der Waals surface area contributed by atoms with Gasteiger partial charge in [0, 0.05) is 0 Å². The van der Waals surface area contributed by atoms with E-state index in [1.54, 1.807) is 30.3 Å². The predicted molar refractivity (Wildman–Crippen MR) is 88.1 cm³/mol. The number of aromatic nitrogens is 4. The number of aliphatic hydroxyl groups is 1. The molecule has 1 aliphatic carbocycles. The van der Waals surface area contributed by atoms with Crippen LogP contribution in [0.4, 0.5) is 10.2 Å². The average Bonchev–Trinajstić information content (AvgIpc) is 3.00. The van der Waals surface area contributed by atoms with Crippen molar-refractivity contribution in [3.63, 3.8) is 0 Å². The second-order valence-corrected chi connectivity index (χ2v) is 6.09. The molecule has 7 heteroatoms. The van der Waals surface area contributed by atoms with E-state index in [9.17, 15) is 9.50 Å². The van der Waals surface area contributed by atoms with Crippen molar-refractivity contribution in [1.82, 2.24) is 19.8 Å². The summed E-state index contributed by atoms with van der Waals surface area (Å²) < 4.78 is 15.6.